The van der Waals surface area contributed by atoms with Crippen LogP contribution in [0.25, 0.3) is 11.3 Å². The third kappa shape index (κ3) is 6.42. The van der Waals surface area contributed by atoms with Crippen LogP contribution in [-0.4, -0.2) is 71.4 Å². The maximum atomic E-state index is 13.8. The van der Waals surface area contributed by atoms with E-state index in [1.165, 1.54) is 32.1 Å². The van der Waals surface area contributed by atoms with E-state index >= 15 is 0 Å². The molecule has 4 aliphatic rings. The van der Waals surface area contributed by atoms with E-state index < -0.39 is 0 Å². The largest absolute Gasteiger partial charge is 0.496 e. The monoisotopic (exact) mass is 599 g/mol. The Morgan fingerprint density at radius 1 is 0.929 bits per heavy atom. The van der Waals surface area contributed by atoms with Crippen molar-refractivity contribution < 1.29 is 19.1 Å². The van der Waals surface area contributed by atoms with Gasteiger partial charge in [0.25, 0.3) is 5.91 Å². The number of methoxy groups -OCH3 is 2. The smallest absolute Gasteiger partial charge is 0.272 e. The van der Waals surface area contributed by atoms with E-state index in [4.69, 9.17) is 14.6 Å². The summed E-state index contributed by atoms with van der Waals surface area (Å²) < 4.78 is 13.4. The zero-order chi connectivity index (χ0) is 28.3. The van der Waals surface area contributed by atoms with Crippen LogP contribution in [0.5, 0.6) is 11.5 Å². The Balaban J connectivity index is 0.00000353. The van der Waals surface area contributed by atoms with Crippen LogP contribution >= 0.6 is 12.4 Å². The number of halogens is 1. The number of ether oxygens (including phenoxy) is 2. The summed E-state index contributed by atoms with van der Waals surface area (Å²) in [6, 6.07) is 9.17. The Kier molecular flexibility index (Phi) is 9.99. The maximum Gasteiger partial charge on any atom is 0.272 e. The topological polar surface area (TPSA) is 97.7 Å². The van der Waals surface area contributed by atoms with E-state index in [9.17, 15) is 9.59 Å². The Hall–Kier alpha value is -2.78. The normalized spacial score (nSPS) is 22.8. The lowest BCUT2D eigenvalue weighted by atomic mass is 9.93. The molecule has 42 heavy (non-hydrogen) atoms. The van der Waals surface area contributed by atoms with Crippen LogP contribution in [0.1, 0.15) is 100 Å². The fraction of sp³-hybridized carbons (Fsp3) is 0.656. The lowest BCUT2D eigenvalue weighted by Crippen LogP contribution is -2.45. The summed E-state index contributed by atoms with van der Waals surface area (Å²) in [5, 5.41) is 11.3. The molecule has 2 aromatic rings. The van der Waals surface area contributed by atoms with Gasteiger partial charge >= 0.3 is 0 Å². The molecule has 3 heterocycles. The number of fused-ring (bicyclic) bond motifs is 2. The summed E-state index contributed by atoms with van der Waals surface area (Å²) in [7, 11) is 3.29. The highest BCUT2D eigenvalue weighted by Gasteiger charge is 2.39. The molecule has 1 aromatic heterocycles. The molecule has 1 atom stereocenters. The van der Waals surface area contributed by atoms with E-state index in [0.29, 0.717) is 35.7 Å². The molecule has 9 nitrogen and oxygen atoms in total. The second-order valence-electron chi connectivity index (χ2n) is 12.4. The number of benzene rings is 1. The third-order valence-electron chi connectivity index (χ3n) is 9.90. The molecule has 6 rings (SSSR count). The van der Waals surface area contributed by atoms with Gasteiger partial charge in [-0.05, 0) is 82.4 Å². The summed E-state index contributed by atoms with van der Waals surface area (Å²) >= 11 is 0. The standard InChI is InChI=1S/C32H45N5O4.ClH/c1-40-28-11-6-12-29(41-2)31(28)27-20-26(35-37(27)25-9-3-4-10-25)32(39)34-22(19-30(38)33-21-7-5-8-21)17-18-36-23-13-14-24(36)16-15-23;/h6,11-12,20-25H,3-5,7-10,13-19H2,1-2H3,(H,33,38)(H,34,39);1H/t22-,23?,24?;/m0./s1. The first-order valence-electron chi connectivity index (χ1n) is 15.7. The van der Waals surface area contributed by atoms with E-state index in [0.717, 1.165) is 62.7 Å². The first-order valence-corrected chi connectivity index (χ1v) is 15.7. The summed E-state index contributed by atoms with van der Waals surface area (Å²) in [6.07, 6.45) is 13.8. The number of hydrogen-bond donors (Lipinski definition) is 2. The van der Waals surface area contributed by atoms with Crippen LogP contribution in [0.3, 0.4) is 0 Å². The Morgan fingerprint density at radius 3 is 2.14 bits per heavy atom. The second-order valence-corrected chi connectivity index (χ2v) is 12.4. The van der Waals surface area contributed by atoms with Gasteiger partial charge in [0.15, 0.2) is 5.69 Å². The van der Waals surface area contributed by atoms with Crippen LogP contribution in [-0.2, 0) is 4.79 Å². The van der Waals surface area contributed by atoms with Crippen LogP contribution in [0.4, 0.5) is 0 Å². The SMILES string of the molecule is COc1cccc(OC)c1-c1cc(C(=O)N[C@@H](CCN2C3CCC2CC3)CC(=O)NC2CCC2)nn1C1CCCC1.Cl. The number of nitrogens with one attached hydrogen (secondary N) is 2. The molecular weight excluding hydrogens is 554 g/mol. The van der Waals surface area contributed by atoms with Crippen molar-refractivity contribution in [2.24, 2.45) is 0 Å². The molecule has 2 saturated carbocycles. The number of carbonyl (C=O) groups is 2. The zero-order valence-corrected chi connectivity index (χ0v) is 25.8. The first-order chi connectivity index (χ1) is 20.0. The quantitative estimate of drug-likeness (QED) is 0.345. The highest BCUT2D eigenvalue weighted by molar-refractivity contribution is 5.94. The minimum atomic E-state index is -0.247. The van der Waals surface area contributed by atoms with Gasteiger partial charge in [-0.25, -0.2) is 0 Å². The van der Waals surface area contributed by atoms with Gasteiger partial charge in [0, 0.05) is 37.1 Å². The van der Waals surface area contributed by atoms with Gasteiger partial charge < -0.3 is 20.1 Å². The number of rotatable bonds is 12. The fourth-order valence-electron chi connectivity index (χ4n) is 7.46. The van der Waals surface area contributed by atoms with Crippen molar-refractivity contribution in [1.29, 1.82) is 0 Å². The van der Waals surface area contributed by atoms with Gasteiger partial charge in [-0.2, -0.15) is 5.10 Å². The number of aromatic nitrogens is 2. The van der Waals surface area contributed by atoms with Gasteiger partial charge in [0.2, 0.25) is 5.91 Å². The second kappa shape index (κ2) is 13.7. The highest BCUT2D eigenvalue weighted by atomic mass is 35.5. The molecule has 0 radical (unpaired) electrons. The van der Waals surface area contributed by atoms with Crippen LogP contribution in [0.15, 0.2) is 24.3 Å². The van der Waals surface area contributed by atoms with E-state index in [-0.39, 0.29) is 42.3 Å². The molecule has 0 spiro atoms. The van der Waals surface area contributed by atoms with Gasteiger partial charge in [-0.1, -0.05) is 18.9 Å². The van der Waals surface area contributed by atoms with Crippen molar-refractivity contribution in [3.05, 3.63) is 30.0 Å². The number of carbonyl (C=O) groups excluding carboxylic acids is 2. The van der Waals surface area contributed by atoms with Gasteiger partial charge in [-0.15, -0.1) is 12.4 Å². The number of nitrogens with zero attached hydrogens (tertiary/aromatic N) is 3. The molecule has 2 saturated heterocycles. The van der Waals surface area contributed by atoms with Crippen molar-refractivity contribution in [2.75, 3.05) is 20.8 Å². The summed E-state index contributed by atoms with van der Waals surface area (Å²) in [5.41, 5.74) is 1.99. The minimum absolute atomic E-state index is 0. The van der Waals surface area contributed by atoms with Crippen LogP contribution in [0.2, 0.25) is 0 Å². The van der Waals surface area contributed by atoms with Crippen molar-refractivity contribution in [2.45, 2.75) is 114 Å². The average Bonchev–Trinajstić information content (AvgIpc) is 3.77. The molecule has 10 heteroatoms. The highest BCUT2D eigenvalue weighted by Crippen LogP contribution is 2.42. The molecule has 2 N–H and O–H groups in total. The Bertz CT molecular complexity index is 1200. The fourth-order valence-corrected chi connectivity index (χ4v) is 7.46. The zero-order valence-electron chi connectivity index (χ0n) is 25.0. The predicted octanol–water partition coefficient (Wildman–Crippen LogP) is 5.28. The van der Waals surface area contributed by atoms with Crippen molar-refractivity contribution in [1.82, 2.24) is 25.3 Å². The molecule has 2 bridgehead atoms. The minimum Gasteiger partial charge on any atom is -0.496 e. The molecule has 2 amide bonds. The lowest BCUT2D eigenvalue weighted by molar-refractivity contribution is -0.122. The van der Waals surface area contributed by atoms with Crippen molar-refractivity contribution in [3.8, 4) is 22.8 Å². The molecule has 4 fully saturated rings. The maximum absolute atomic E-state index is 13.8. The summed E-state index contributed by atoms with van der Waals surface area (Å²) in [5.74, 6) is 1.16. The molecule has 0 unspecified atom stereocenters. The van der Waals surface area contributed by atoms with Crippen molar-refractivity contribution in [3.63, 3.8) is 0 Å². The van der Waals surface area contributed by atoms with E-state index in [1.54, 1.807) is 14.2 Å². The molecule has 2 aliphatic carbocycles. The molecule has 230 valence electrons. The van der Waals surface area contributed by atoms with E-state index in [2.05, 4.69) is 15.5 Å². The number of hydrogen-bond acceptors (Lipinski definition) is 6. The molecule has 2 aliphatic heterocycles. The molecular formula is C32H46ClN5O4. The predicted molar refractivity (Wildman–Crippen MR) is 165 cm³/mol. The van der Waals surface area contributed by atoms with Gasteiger partial charge in [-0.3, -0.25) is 19.2 Å². The lowest BCUT2D eigenvalue weighted by Gasteiger charge is -2.28. The van der Waals surface area contributed by atoms with Crippen molar-refractivity contribution >= 4 is 24.2 Å². The summed E-state index contributed by atoms with van der Waals surface area (Å²) in [6.45, 7) is 0.914. The number of amides is 2. The summed E-state index contributed by atoms with van der Waals surface area (Å²) in [4.78, 5) is 29.4. The van der Waals surface area contributed by atoms with E-state index in [1.807, 2.05) is 28.9 Å². The average molecular weight is 600 g/mol. The van der Waals surface area contributed by atoms with Crippen LogP contribution in [0, 0.1) is 0 Å². The first kappa shape index (κ1) is 30.7. The Labute approximate surface area is 255 Å². The van der Waals surface area contributed by atoms with Gasteiger partial charge in [0.05, 0.1) is 31.5 Å². The van der Waals surface area contributed by atoms with Gasteiger partial charge in [0.1, 0.15) is 11.5 Å². The molecule has 1 aromatic carbocycles. The Morgan fingerprint density at radius 2 is 1.57 bits per heavy atom. The van der Waals surface area contributed by atoms with Crippen LogP contribution < -0.4 is 20.1 Å². The third-order valence-corrected chi connectivity index (χ3v) is 9.90.